The summed E-state index contributed by atoms with van der Waals surface area (Å²) in [5, 5.41) is 3.36. The number of anilines is 1. The van der Waals surface area contributed by atoms with Crippen LogP contribution in [0.4, 0.5) is 5.82 Å². The molecule has 3 nitrogen and oxygen atoms in total. The first-order valence-electron chi connectivity index (χ1n) is 6.71. The number of nitrogens with one attached hydrogen (secondary N) is 1. The van der Waals surface area contributed by atoms with Crippen LogP contribution in [0.5, 0.6) is 0 Å². The number of aryl methyl sites for hydroxylation is 1. The Hall–Kier alpha value is -1.39. The molecule has 0 fully saturated rings. The maximum Gasteiger partial charge on any atom is 0.126 e. The van der Waals surface area contributed by atoms with Gasteiger partial charge in [0, 0.05) is 23.8 Å². The van der Waals surface area contributed by atoms with Crippen LogP contribution in [0.2, 0.25) is 0 Å². The van der Waals surface area contributed by atoms with Gasteiger partial charge in [0.05, 0.1) is 6.61 Å². The lowest BCUT2D eigenvalue weighted by molar-refractivity contribution is 0.133. The van der Waals surface area contributed by atoms with Crippen LogP contribution in [-0.2, 0) is 17.9 Å². The largest absolute Gasteiger partial charge is 0.377 e. The maximum atomic E-state index is 5.50. The number of hydrogen-bond acceptors (Lipinski definition) is 3. The minimum Gasteiger partial charge on any atom is -0.377 e. The standard InChI is InChI=1S/C16H19BrN2O/c1-3-20-11-14-7-5-4-6-13(14)9-18-16-8-12(2)15(17)10-19-16/h4-8,10H,3,9,11H2,1-2H3,(H,18,19). The highest BCUT2D eigenvalue weighted by molar-refractivity contribution is 9.10. The lowest BCUT2D eigenvalue weighted by atomic mass is 10.1. The van der Waals surface area contributed by atoms with Crippen LogP contribution < -0.4 is 5.32 Å². The fourth-order valence-corrected chi connectivity index (χ4v) is 2.12. The van der Waals surface area contributed by atoms with Crippen LogP contribution in [0.25, 0.3) is 0 Å². The van der Waals surface area contributed by atoms with Crippen LogP contribution in [0.3, 0.4) is 0 Å². The number of ether oxygens (including phenoxy) is 1. The Morgan fingerprint density at radius 2 is 2.00 bits per heavy atom. The van der Waals surface area contributed by atoms with Gasteiger partial charge in [-0.3, -0.25) is 0 Å². The Morgan fingerprint density at radius 3 is 2.70 bits per heavy atom. The van der Waals surface area contributed by atoms with Gasteiger partial charge in [-0.25, -0.2) is 4.98 Å². The van der Waals surface area contributed by atoms with Gasteiger partial charge in [-0.2, -0.15) is 0 Å². The maximum absolute atomic E-state index is 5.50. The molecule has 1 heterocycles. The highest BCUT2D eigenvalue weighted by atomic mass is 79.9. The predicted molar refractivity (Wildman–Crippen MR) is 85.8 cm³/mol. The Labute approximate surface area is 128 Å². The van der Waals surface area contributed by atoms with Gasteiger partial charge in [-0.1, -0.05) is 24.3 Å². The van der Waals surface area contributed by atoms with Crippen molar-refractivity contribution in [3.8, 4) is 0 Å². The van der Waals surface area contributed by atoms with E-state index in [1.165, 1.54) is 16.7 Å². The molecule has 0 radical (unpaired) electrons. The van der Waals surface area contributed by atoms with E-state index in [4.69, 9.17) is 4.74 Å². The van der Waals surface area contributed by atoms with Crippen molar-refractivity contribution in [1.29, 1.82) is 0 Å². The molecule has 0 atom stereocenters. The third-order valence-corrected chi connectivity index (χ3v) is 3.92. The Morgan fingerprint density at radius 1 is 1.25 bits per heavy atom. The number of nitrogens with zero attached hydrogens (tertiary/aromatic N) is 1. The Bertz CT molecular complexity index is 572. The molecule has 2 aromatic rings. The van der Waals surface area contributed by atoms with Crippen molar-refractivity contribution in [1.82, 2.24) is 4.98 Å². The lowest BCUT2D eigenvalue weighted by Gasteiger charge is -2.11. The molecule has 2 rings (SSSR count). The molecule has 0 aliphatic carbocycles. The molecule has 0 saturated carbocycles. The fourth-order valence-electron chi connectivity index (χ4n) is 1.90. The number of hydrogen-bond donors (Lipinski definition) is 1. The molecule has 0 saturated heterocycles. The van der Waals surface area contributed by atoms with Crippen molar-refractivity contribution >= 4 is 21.7 Å². The van der Waals surface area contributed by atoms with Gasteiger partial charge in [0.25, 0.3) is 0 Å². The van der Waals surface area contributed by atoms with Gasteiger partial charge in [0.1, 0.15) is 5.82 Å². The molecule has 0 spiro atoms. The predicted octanol–water partition coefficient (Wildman–Crippen LogP) is 4.30. The summed E-state index contributed by atoms with van der Waals surface area (Å²) in [7, 11) is 0. The first-order valence-corrected chi connectivity index (χ1v) is 7.50. The molecule has 4 heteroatoms. The summed E-state index contributed by atoms with van der Waals surface area (Å²) < 4.78 is 6.53. The van der Waals surface area contributed by atoms with Crippen molar-refractivity contribution in [2.45, 2.75) is 27.0 Å². The van der Waals surface area contributed by atoms with Crippen molar-refractivity contribution in [3.63, 3.8) is 0 Å². The molecule has 1 N–H and O–H groups in total. The second kappa shape index (κ2) is 7.41. The van der Waals surface area contributed by atoms with Gasteiger partial charge < -0.3 is 10.1 Å². The normalized spacial score (nSPS) is 10.6. The summed E-state index contributed by atoms with van der Waals surface area (Å²) in [6, 6.07) is 10.3. The van der Waals surface area contributed by atoms with E-state index in [1.54, 1.807) is 0 Å². The first-order chi connectivity index (χ1) is 9.70. The second-order valence-corrected chi connectivity index (χ2v) is 5.43. The quantitative estimate of drug-likeness (QED) is 0.855. The summed E-state index contributed by atoms with van der Waals surface area (Å²) in [5.41, 5.74) is 3.63. The number of aromatic nitrogens is 1. The SMILES string of the molecule is CCOCc1ccccc1CNc1cc(C)c(Br)cn1. The molecule has 0 aliphatic rings. The first kappa shape index (κ1) is 15.0. The zero-order valence-electron chi connectivity index (χ0n) is 11.8. The van der Waals surface area contributed by atoms with Crippen molar-refractivity contribution in [2.24, 2.45) is 0 Å². The number of rotatable bonds is 6. The summed E-state index contributed by atoms with van der Waals surface area (Å²) in [6.07, 6.45) is 1.82. The second-order valence-electron chi connectivity index (χ2n) is 4.58. The van der Waals surface area contributed by atoms with Gasteiger partial charge in [-0.05, 0) is 52.5 Å². The highest BCUT2D eigenvalue weighted by Crippen LogP contribution is 2.18. The molecule has 106 valence electrons. The molecule has 0 amide bonds. The molecule has 1 aromatic carbocycles. The van der Waals surface area contributed by atoms with Gasteiger partial charge in [-0.15, -0.1) is 0 Å². The van der Waals surface area contributed by atoms with Crippen molar-refractivity contribution < 1.29 is 4.74 Å². The minimum atomic E-state index is 0.654. The Kier molecular flexibility index (Phi) is 5.56. The highest BCUT2D eigenvalue weighted by Gasteiger charge is 2.03. The topological polar surface area (TPSA) is 34.1 Å². The van der Waals surface area contributed by atoms with Gasteiger partial charge in [0.2, 0.25) is 0 Å². The zero-order valence-corrected chi connectivity index (χ0v) is 13.4. The summed E-state index contributed by atoms with van der Waals surface area (Å²) >= 11 is 3.46. The van der Waals surface area contributed by atoms with Crippen LogP contribution in [0.15, 0.2) is 41.0 Å². The monoisotopic (exact) mass is 334 g/mol. The Balaban J connectivity index is 2.04. The number of pyridine rings is 1. The van der Waals surface area contributed by atoms with E-state index in [0.717, 1.165) is 23.4 Å². The van der Waals surface area contributed by atoms with E-state index in [-0.39, 0.29) is 0 Å². The van der Waals surface area contributed by atoms with Gasteiger partial charge in [0.15, 0.2) is 0 Å². The van der Waals surface area contributed by atoms with Crippen molar-refractivity contribution in [2.75, 3.05) is 11.9 Å². The van der Waals surface area contributed by atoms with E-state index in [9.17, 15) is 0 Å². The van der Waals surface area contributed by atoms with Gasteiger partial charge >= 0.3 is 0 Å². The summed E-state index contributed by atoms with van der Waals surface area (Å²) in [6.45, 7) is 6.20. The number of halogens is 1. The van der Waals surface area contributed by atoms with E-state index in [0.29, 0.717) is 6.61 Å². The molecule has 0 bridgehead atoms. The summed E-state index contributed by atoms with van der Waals surface area (Å²) in [5.74, 6) is 0.886. The molecule has 1 aromatic heterocycles. The third-order valence-electron chi connectivity index (χ3n) is 3.09. The third kappa shape index (κ3) is 4.05. The molecular formula is C16H19BrN2O. The molecular weight excluding hydrogens is 316 g/mol. The average molecular weight is 335 g/mol. The zero-order chi connectivity index (χ0) is 14.4. The summed E-state index contributed by atoms with van der Waals surface area (Å²) in [4.78, 5) is 4.36. The van der Waals surface area contributed by atoms with E-state index >= 15 is 0 Å². The van der Waals surface area contributed by atoms with E-state index in [2.05, 4.69) is 45.3 Å². The molecule has 20 heavy (non-hydrogen) atoms. The van der Waals surface area contributed by atoms with Crippen LogP contribution in [-0.4, -0.2) is 11.6 Å². The van der Waals surface area contributed by atoms with E-state index < -0.39 is 0 Å². The molecule has 0 unspecified atom stereocenters. The van der Waals surface area contributed by atoms with E-state index in [1.807, 2.05) is 31.3 Å². The van der Waals surface area contributed by atoms with Crippen molar-refractivity contribution in [3.05, 3.63) is 57.7 Å². The van der Waals surface area contributed by atoms with Crippen LogP contribution >= 0.6 is 15.9 Å². The minimum absolute atomic E-state index is 0.654. The smallest absolute Gasteiger partial charge is 0.126 e. The van der Waals surface area contributed by atoms with Crippen LogP contribution in [0.1, 0.15) is 23.6 Å². The fraction of sp³-hybridized carbons (Fsp3) is 0.312. The average Bonchev–Trinajstić information content (AvgIpc) is 2.47. The number of benzene rings is 1. The lowest BCUT2D eigenvalue weighted by Crippen LogP contribution is -2.05. The van der Waals surface area contributed by atoms with Crippen LogP contribution in [0, 0.1) is 6.92 Å². The molecule has 0 aliphatic heterocycles.